The lowest BCUT2D eigenvalue weighted by Gasteiger charge is -2.34. The number of piperazine rings is 1. The fourth-order valence-electron chi connectivity index (χ4n) is 3.32. The Morgan fingerprint density at radius 3 is 2.53 bits per heavy atom. The van der Waals surface area contributed by atoms with Gasteiger partial charge in [-0.15, -0.1) is 0 Å². The van der Waals surface area contributed by atoms with Gasteiger partial charge in [-0.1, -0.05) is 12.1 Å². The van der Waals surface area contributed by atoms with E-state index >= 15 is 0 Å². The van der Waals surface area contributed by atoms with Crippen LogP contribution < -0.4 is 10.2 Å². The van der Waals surface area contributed by atoms with Gasteiger partial charge >= 0.3 is 0 Å². The van der Waals surface area contributed by atoms with Crippen molar-refractivity contribution >= 4 is 27.4 Å². The van der Waals surface area contributed by atoms with Crippen LogP contribution in [0, 0.1) is 17.0 Å². The van der Waals surface area contributed by atoms with E-state index in [1.165, 1.54) is 29.4 Å². The highest BCUT2D eigenvalue weighted by Gasteiger charge is 2.27. The predicted octanol–water partition coefficient (Wildman–Crippen LogP) is 1.18. The molecule has 1 aliphatic heterocycles. The summed E-state index contributed by atoms with van der Waals surface area (Å²) < 4.78 is 26.6. The third-order valence-corrected chi connectivity index (χ3v) is 6.87. The number of rotatable bonds is 7. The highest BCUT2D eigenvalue weighted by molar-refractivity contribution is 7.89. The molecular formula is C19H23N5O5S. The number of benzene rings is 1. The van der Waals surface area contributed by atoms with E-state index in [1.54, 1.807) is 6.20 Å². The van der Waals surface area contributed by atoms with E-state index < -0.39 is 20.9 Å². The third kappa shape index (κ3) is 4.92. The number of nitro groups is 1. The van der Waals surface area contributed by atoms with E-state index in [9.17, 15) is 23.3 Å². The summed E-state index contributed by atoms with van der Waals surface area (Å²) in [7, 11) is -3.54. The molecule has 2 heterocycles. The fraction of sp³-hybridized carbons (Fsp3) is 0.368. The van der Waals surface area contributed by atoms with Gasteiger partial charge in [0, 0.05) is 56.1 Å². The van der Waals surface area contributed by atoms with Crippen LogP contribution in [0.1, 0.15) is 15.9 Å². The van der Waals surface area contributed by atoms with Crippen molar-refractivity contribution in [3.05, 3.63) is 63.8 Å². The van der Waals surface area contributed by atoms with Crippen LogP contribution in [-0.2, 0) is 10.0 Å². The molecular weight excluding hydrogens is 410 g/mol. The largest absolute Gasteiger partial charge is 0.354 e. The van der Waals surface area contributed by atoms with Crippen LogP contribution in [0.25, 0.3) is 0 Å². The summed E-state index contributed by atoms with van der Waals surface area (Å²) in [5, 5.41) is 13.6. The van der Waals surface area contributed by atoms with Crippen molar-refractivity contribution in [2.24, 2.45) is 0 Å². The summed E-state index contributed by atoms with van der Waals surface area (Å²) in [5.41, 5.74) is 0.250. The van der Waals surface area contributed by atoms with E-state index in [2.05, 4.69) is 10.3 Å². The lowest BCUT2D eigenvalue weighted by molar-refractivity contribution is -0.385. The van der Waals surface area contributed by atoms with Gasteiger partial charge in [0.25, 0.3) is 11.6 Å². The minimum atomic E-state index is -3.54. The van der Waals surface area contributed by atoms with Crippen LogP contribution in [0.15, 0.2) is 42.6 Å². The Morgan fingerprint density at radius 2 is 1.90 bits per heavy atom. The summed E-state index contributed by atoms with van der Waals surface area (Å²) in [5.74, 6) is 0.0385. The van der Waals surface area contributed by atoms with E-state index in [0.29, 0.717) is 26.2 Å². The first-order valence-corrected chi connectivity index (χ1v) is 11.1. The number of nitro benzene ring substituents is 1. The van der Waals surface area contributed by atoms with Gasteiger partial charge in [-0.3, -0.25) is 14.9 Å². The SMILES string of the molecule is Cc1c(C(=O)NCCS(=O)(=O)N2CCN(c3ccccn3)CC2)cccc1[N+](=O)[O-]. The number of carbonyl (C=O) groups is 1. The minimum absolute atomic E-state index is 0.0796. The first kappa shape index (κ1) is 21.7. The zero-order chi connectivity index (χ0) is 21.7. The Morgan fingerprint density at radius 1 is 1.17 bits per heavy atom. The van der Waals surface area contributed by atoms with Crippen molar-refractivity contribution in [1.82, 2.24) is 14.6 Å². The van der Waals surface area contributed by atoms with E-state index in [-0.39, 0.29) is 29.1 Å². The zero-order valence-corrected chi connectivity index (χ0v) is 17.3. The number of pyridine rings is 1. The summed E-state index contributed by atoms with van der Waals surface area (Å²) in [6, 6.07) is 9.82. The summed E-state index contributed by atoms with van der Waals surface area (Å²) in [4.78, 5) is 29.1. The van der Waals surface area contributed by atoms with E-state index in [0.717, 1.165) is 5.82 Å². The average Bonchev–Trinajstić information content (AvgIpc) is 2.74. The van der Waals surface area contributed by atoms with Crippen LogP contribution in [0.4, 0.5) is 11.5 Å². The van der Waals surface area contributed by atoms with Crippen molar-refractivity contribution in [3.8, 4) is 0 Å². The smallest absolute Gasteiger partial charge is 0.273 e. The summed E-state index contributed by atoms with van der Waals surface area (Å²) in [6.45, 7) is 3.17. The molecule has 0 saturated carbocycles. The maximum absolute atomic E-state index is 12.6. The normalized spacial score (nSPS) is 15.0. The first-order chi connectivity index (χ1) is 14.3. The molecule has 1 fully saturated rings. The standard InChI is InChI=1S/C19H23N5O5S/c1-15-16(5-4-6-17(15)24(26)27)19(25)21-9-14-30(28,29)23-12-10-22(11-13-23)18-7-2-3-8-20-18/h2-8H,9-14H2,1H3,(H,21,25). The molecule has 0 atom stereocenters. The van der Waals surface area contributed by atoms with Gasteiger partial charge in [-0.2, -0.15) is 4.31 Å². The average molecular weight is 433 g/mol. The number of amides is 1. The molecule has 1 aromatic heterocycles. The minimum Gasteiger partial charge on any atom is -0.354 e. The number of nitrogens with zero attached hydrogens (tertiary/aromatic N) is 4. The van der Waals surface area contributed by atoms with Gasteiger partial charge < -0.3 is 10.2 Å². The molecule has 0 aliphatic carbocycles. The quantitative estimate of drug-likeness (QED) is 0.513. The number of aromatic nitrogens is 1. The Kier molecular flexibility index (Phi) is 6.63. The van der Waals surface area contributed by atoms with Gasteiger partial charge in [-0.05, 0) is 25.1 Å². The van der Waals surface area contributed by atoms with Gasteiger partial charge in [0.15, 0.2) is 0 Å². The lowest BCUT2D eigenvalue weighted by atomic mass is 10.1. The topological polar surface area (TPSA) is 126 Å². The molecule has 0 radical (unpaired) electrons. The highest BCUT2D eigenvalue weighted by Crippen LogP contribution is 2.21. The third-order valence-electron chi connectivity index (χ3n) is 5.00. The van der Waals surface area contributed by atoms with Gasteiger partial charge in [-0.25, -0.2) is 13.4 Å². The van der Waals surface area contributed by atoms with Crippen molar-refractivity contribution < 1.29 is 18.1 Å². The van der Waals surface area contributed by atoms with Crippen molar-refractivity contribution in [2.75, 3.05) is 43.4 Å². The molecule has 0 spiro atoms. The molecule has 160 valence electrons. The zero-order valence-electron chi connectivity index (χ0n) is 16.5. The molecule has 11 heteroatoms. The van der Waals surface area contributed by atoms with Crippen LogP contribution in [0.5, 0.6) is 0 Å². The number of hydrogen-bond acceptors (Lipinski definition) is 7. The number of nitrogens with one attached hydrogen (secondary N) is 1. The highest BCUT2D eigenvalue weighted by atomic mass is 32.2. The second-order valence-electron chi connectivity index (χ2n) is 6.85. The van der Waals surface area contributed by atoms with Gasteiger partial charge in [0.1, 0.15) is 5.82 Å². The molecule has 1 saturated heterocycles. The lowest BCUT2D eigenvalue weighted by Crippen LogP contribution is -2.50. The molecule has 10 nitrogen and oxygen atoms in total. The van der Waals surface area contributed by atoms with E-state index in [4.69, 9.17) is 0 Å². The molecule has 30 heavy (non-hydrogen) atoms. The molecule has 1 aromatic carbocycles. The molecule has 0 bridgehead atoms. The maximum Gasteiger partial charge on any atom is 0.273 e. The Bertz CT molecular complexity index is 1020. The number of anilines is 1. The fourth-order valence-corrected chi connectivity index (χ4v) is 4.66. The molecule has 1 N–H and O–H groups in total. The van der Waals surface area contributed by atoms with Crippen molar-refractivity contribution in [1.29, 1.82) is 0 Å². The maximum atomic E-state index is 12.6. The monoisotopic (exact) mass is 433 g/mol. The van der Waals surface area contributed by atoms with Gasteiger partial charge in [0.2, 0.25) is 10.0 Å². The summed E-state index contributed by atoms with van der Waals surface area (Å²) >= 11 is 0. The Balaban J connectivity index is 1.53. The van der Waals surface area contributed by atoms with Crippen LogP contribution >= 0.6 is 0 Å². The number of hydrogen-bond donors (Lipinski definition) is 1. The molecule has 1 aliphatic rings. The Hall–Kier alpha value is -3.05. The Labute approximate surface area is 174 Å². The predicted molar refractivity (Wildman–Crippen MR) is 112 cm³/mol. The first-order valence-electron chi connectivity index (χ1n) is 9.45. The number of sulfonamides is 1. The second kappa shape index (κ2) is 9.18. The van der Waals surface area contributed by atoms with Crippen LogP contribution in [-0.4, -0.2) is 67.0 Å². The summed E-state index contributed by atoms with van der Waals surface area (Å²) in [6.07, 6.45) is 1.70. The van der Waals surface area contributed by atoms with Gasteiger partial charge in [0.05, 0.1) is 10.7 Å². The van der Waals surface area contributed by atoms with Crippen LogP contribution in [0.3, 0.4) is 0 Å². The molecule has 2 aromatic rings. The molecule has 1 amide bonds. The molecule has 0 unspecified atom stereocenters. The van der Waals surface area contributed by atoms with Crippen LogP contribution in [0.2, 0.25) is 0 Å². The van der Waals surface area contributed by atoms with Crippen molar-refractivity contribution in [2.45, 2.75) is 6.92 Å². The number of carbonyl (C=O) groups excluding carboxylic acids is 1. The molecule has 3 rings (SSSR count). The van der Waals surface area contributed by atoms with E-state index in [1.807, 2.05) is 23.1 Å². The second-order valence-corrected chi connectivity index (χ2v) is 8.94. The van der Waals surface area contributed by atoms with Crippen molar-refractivity contribution in [3.63, 3.8) is 0 Å².